The van der Waals surface area contributed by atoms with Crippen LogP contribution in [-0.4, -0.2) is 57.4 Å². The van der Waals surface area contributed by atoms with E-state index in [1.54, 1.807) is 10.7 Å². The maximum Gasteiger partial charge on any atom is 0.336 e. The highest BCUT2D eigenvalue weighted by Crippen LogP contribution is 2.20. The fourth-order valence-corrected chi connectivity index (χ4v) is 3.45. The first-order valence-electron chi connectivity index (χ1n) is 10.2. The fourth-order valence-electron chi connectivity index (χ4n) is 3.45. The van der Waals surface area contributed by atoms with E-state index in [0.29, 0.717) is 24.5 Å². The minimum atomic E-state index is 0.284. The number of aromatic nitrogens is 5. The number of hydrogen-bond acceptors (Lipinski definition) is 8. The molecule has 29 heavy (non-hydrogen) atoms. The molecule has 9 nitrogen and oxygen atoms in total. The summed E-state index contributed by atoms with van der Waals surface area (Å²) in [7, 11) is 0. The summed E-state index contributed by atoms with van der Waals surface area (Å²) in [5.74, 6) is 1.35. The molecule has 1 aliphatic rings. The number of aryl methyl sites for hydroxylation is 1. The van der Waals surface area contributed by atoms with Crippen molar-refractivity contribution in [3.05, 3.63) is 35.3 Å². The molecule has 0 aliphatic carbocycles. The number of hydrogen-bond donors (Lipinski definition) is 2. The second-order valence-electron chi connectivity index (χ2n) is 7.29. The summed E-state index contributed by atoms with van der Waals surface area (Å²) < 4.78 is 7.37. The summed E-state index contributed by atoms with van der Waals surface area (Å²) in [6, 6.07) is 4.52. The predicted octanol–water partition coefficient (Wildman–Crippen LogP) is 1.59. The van der Waals surface area contributed by atoms with Crippen LogP contribution in [0.2, 0.25) is 0 Å². The molecule has 0 spiro atoms. The van der Waals surface area contributed by atoms with Crippen LogP contribution in [0.15, 0.2) is 18.3 Å². The molecule has 1 saturated heterocycles. The summed E-state index contributed by atoms with van der Waals surface area (Å²) in [6.45, 7) is 8.68. The molecule has 0 amide bonds. The Morgan fingerprint density at radius 3 is 2.79 bits per heavy atom. The lowest BCUT2D eigenvalue weighted by atomic mass is 10.1. The second kappa shape index (κ2) is 8.60. The second-order valence-corrected chi connectivity index (χ2v) is 7.29. The molecule has 154 valence electrons. The highest BCUT2D eigenvalue weighted by atomic mass is 16.5. The van der Waals surface area contributed by atoms with Gasteiger partial charge in [-0.2, -0.15) is 4.98 Å². The van der Waals surface area contributed by atoms with E-state index < -0.39 is 0 Å². The van der Waals surface area contributed by atoms with Crippen LogP contribution in [0.4, 0.5) is 11.6 Å². The number of pyridine rings is 1. The molecule has 1 aliphatic heterocycles. The lowest BCUT2D eigenvalue weighted by molar-refractivity contribution is 0.280. The third-order valence-electron chi connectivity index (χ3n) is 5.16. The molecule has 3 aromatic rings. The van der Waals surface area contributed by atoms with Crippen molar-refractivity contribution in [1.82, 2.24) is 29.9 Å². The van der Waals surface area contributed by atoms with Crippen LogP contribution in [0, 0.1) is 6.92 Å². The van der Waals surface area contributed by atoms with Crippen molar-refractivity contribution in [2.75, 3.05) is 43.4 Å². The van der Waals surface area contributed by atoms with Crippen LogP contribution >= 0.6 is 0 Å². The van der Waals surface area contributed by atoms with Gasteiger partial charge in [-0.1, -0.05) is 19.4 Å². The SMILES string of the molecule is CCCCOc1nc(N)c2ncc(Cc3ccc(N4CCNCC4)nc3C)n2n1. The average molecular weight is 396 g/mol. The Morgan fingerprint density at radius 2 is 2.03 bits per heavy atom. The van der Waals surface area contributed by atoms with E-state index in [0.717, 1.165) is 61.8 Å². The van der Waals surface area contributed by atoms with Gasteiger partial charge in [0.15, 0.2) is 11.5 Å². The summed E-state index contributed by atoms with van der Waals surface area (Å²) in [5.41, 5.74) is 9.68. The monoisotopic (exact) mass is 396 g/mol. The smallest absolute Gasteiger partial charge is 0.336 e. The molecule has 4 rings (SSSR count). The maximum absolute atomic E-state index is 6.06. The van der Waals surface area contributed by atoms with Gasteiger partial charge in [0.2, 0.25) is 0 Å². The van der Waals surface area contributed by atoms with Crippen molar-refractivity contribution in [2.45, 2.75) is 33.1 Å². The fraction of sp³-hybridized carbons (Fsp3) is 0.500. The van der Waals surface area contributed by atoms with Crippen LogP contribution in [0.3, 0.4) is 0 Å². The van der Waals surface area contributed by atoms with Gasteiger partial charge in [0, 0.05) is 38.3 Å². The Labute approximate surface area is 170 Å². The number of fused-ring (bicyclic) bond motifs is 1. The van der Waals surface area contributed by atoms with E-state index in [1.807, 2.05) is 6.92 Å². The number of anilines is 2. The molecule has 0 aromatic carbocycles. The van der Waals surface area contributed by atoms with Gasteiger partial charge in [0.1, 0.15) is 5.82 Å². The molecule has 4 heterocycles. The van der Waals surface area contributed by atoms with E-state index in [9.17, 15) is 0 Å². The van der Waals surface area contributed by atoms with Gasteiger partial charge in [-0.25, -0.2) is 14.5 Å². The Hall–Kier alpha value is -2.94. The van der Waals surface area contributed by atoms with Crippen molar-refractivity contribution in [1.29, 1.82) is 0 Å². The number of piperazine rings is 1. The van der Waals surface area contributed by atoms with E-state index in [2.05, 4.69) is 44.3 Å². The molecule has 3 N–H and O–H groups in total. The maximum atomic E-state index is 6.06. The number of ether oxygens (including phenoxy) is 1. The Morgan fingerprint density at radius 1 is 1.21 bits per heavy atom. The minimum Gasteiger partial charge on any atom is -0.462 e. The highest BCUT2D eigenvalue weighted by Gasteiger charge is 2.16. The number of imidazole rings is 1. The Balaban J connectivity index is 1.57. The number of unbranched alkanes of at least 4 members (excludes halogenated alkanes) is 1. The molecule has 0 unspecified atom stereocenters. The topological polar surface area (TPSA) is 106 Å². The van der Waals surface area contributed by atoms with E-state index in [-0.39, 0.29) is 6.01 Å². The van der Waals surface area contributed by atoms with E-state index in [1.165, 1.54) is 0 Å². The van der Waals surface area contributed by atoms with Gasteiger partial charge in [0.25, 0.3) is 0 Å². The van der Waals surface area contributed by atoms with Crippen LogP contribution in [0.25, 0.3) is 5.65 Å². The van der Waals surface area contributed by atoms with Gasteiger partial charge in [-0.05, 0) is 25.0 Å². The average Bonchev–Trinajstić information content (AvgIpc) is 3.14. The molecule has 0 bridgehead atoms. The van der Waals surface area contributed by atoms with Crippen molar-refractivity contribution >= 4 is 17.3 Å². The molecular formula is C20H28N8O. The molecule has 1 fully saturated rings. The molecular weight excluding hydrogens is 368 g/mol. The minimum absolute atomic E-state index is 0.284. The molecule has 0 atom stereocenters. The normalized spacial score (nSPS) is 14.5. The lowest BCUT2D eigenvalue weighted by Crippen LogP contribution is -2.43. The van der Waals surface area contributed by atoms with Crippen LogP contribution in [-0.2, 0) is 6.42 Å². The van der Waals surface area contributed by atoms with Gasteiger partial charge in [-0.3, -0.25) is 0 Å². The summed E-state index contributed by atoms with van der Waals surface area (Å²) in [4.78, 5) is 15.8. The van der Waals surface area contributed by atoms with Gasteiger partial charge >= 0.3 is 6.01 Å². The summed E-state index contributed by atoms with van der Waals surface area (Å²) in [5, 5.41) is 7.86. The summed E-state index contributed by atoms with van der Waals surface area (Å²) >= 11 is 0. The zero-order valence-electron chi connectivity index (χ0n) is 17.1. The van der Waals surface area contributed by atoms with Crippen molar-refractivity contribution in [3.63, 3.8) is 0 Å². The van der Waals surface area contributed by atoms with Crippen molar-refractivity contribution in [2.24, 2.45) is 0 Å². The molecule has 9 heteroatoms. The Bertz CT molecular complexity index is 980. The number of nitrogens with zero attached hydrogens (tertiary/aromatic N) is 6. The number of nitrogens with one attached hydrogen (secondary N) is 1. The standard InChI is InChI=1S/C20H28N8O/c1-3-4-11-29-20-25-18(21)19-23-13-16(28(19)26-20)12-15-5-6-17(24-14(15)2)27-9-7-22-8-10-27/h5-6,13,22H,3-4,7-12H2,1-2H3,(H2,21,25,26). The number of nitrogen functional groups attached to an aromatic ring is 1. The first-order chi connectivity index (χ1) is 14.2. The molecule has 0 radical (unpaired) electrons. The van der Waals surface area contributed by atoms with Crippen LogP contribution in [0.1, 0.15) is 36.7 Å². The molecule has 0 saturated carbocycles. The van der Waals surface area contributed by atoms with Gasteiger partial charge in [0.05, 0.1) is 18.5 Å². The quantitative estimate of drug-likeness (QED) is 0.580. The first-order valence-corrected chi connectivity index (χ1v) is 10.2. The van der Waals surface area contributed by atoms with Gasteiger partial charge in [-0.15, -0.1) is 5.10 Å². The van der Waals surface area contributed by atoms with Crippen molar-refractivity contribution < 1.29 is 4.74 Å². The number of nitrogens with two attached hydrogens (primary N) is 1. The van der Waals surface area contributed by atoms with Crippen molar-refractivity contribution in [3.8, 4) is 6.01 Å². The van der Waals surface area contributed by atoms with E-state index in [4.69, 9.17) is 15.5 Å². The lowest BCUT2D eigenvalue weighted by Gasteiger charge is -2.28. The largest absolute Gasteiger partial charge is 0.462 e. The third kappa shape index (κ3) is 4.24. The highest BCUT2D eigenvalue weighted by molar-refractivity contribution is 5.60. The van der Waals surface area contributed by atoms with E-state index >= 15 is 0 Å². The van der Waals surface area contributed by atoms with Crippen LogP contribution in [0.5, 0.6) is 6.01 Å². The van der Waals surface area contributed by atoms with Crippen LogP contribution < -0.4 is 20.7 Å². The van der Waals surface area contributed by atoms with Gasteiger partial charge < -0.3 is 20.7 Å². The molecule has 3 aromatic heterocycles. The number of rotatable bonds is 7. The third-order valence-corrected chi connectivity index (χ3v) is 5.16. The summed E-state index contributed by atoms with van der Waals surface area (Å²) in [6.07, 6.45) is 4.44. The predicted molar refractivity (Wildman–Crippen MR) is 112 cm³/mol. The zero-order valence-corrected chi connectivity index (χ0v) is 17.1. The zero-order chi connectivity index (χ0) is 20.2. The Kier molecular flexibility index (Phi) is 5.75. The first kappa shape index (κ1) is 19.4.